The Balaban J connectivity index is 1.81. The first kappa shape index (κ1) is 13.8. The van der Waals surface area contributed by atoms with Crippen molar-refractivity contribution in [3.05, 3.63) is 46.8 Å². The van der Waals surface area contributed by atoms with Crippen LogP contribution in [0.2, 0.25) is 0 Å². The molecule has 1 unspecified atom stereocenters. The lowest BCUT2D eigenvalue weighted by atomic mass is 10.1. The molecular formula is C18H23NS. The Morgan fingerprint density at radius 2 is 2.10 bits per heavy atom. The number of benzene rings is 1. The summed E-state index contributed by atoms with van der Waals surface area (Å²) in [6, 6.07) is 14.0. The molecule has 1 nitrogen and oxygen atoms in total. The number of aryl methyl sites for hydroxylation is 1. The van der Waals surface area contributed by atoms with Crippen molar-refractivity contribution in [2.45, 2.75) is 39.2 Å². The first-order valence-corrected chi connectivity index (χ1v) is 8.49. The van der Waals surface area contributed by atoms with Crippen molar-refractivity contribution in [3.8, 4) is 10.4 Å². The fraction of sp³-hybridized carbons (Fsp3) is 0.444. The Bertz CT molecular complexity index is 568. The zero-order valence-corrected chi connectivity index (χ0v) is 13.2. The Morgan fingerprint density at radius 1 is 1.25 bits per heavy atom. The molecule has 0 spiro atoms. The lowest BCUT2D eigenvalue weighted by Gasteiger charge is -2.16. The zero-order valence-electron chi connectivity index (χ0n) is 12.4. The van der Waals surface area contributed by atoms with Crippen LogP contribution in [0.3, 0.4) is 0 Å². The number of rotatable bonds is 6. The van der Waals surface area contributed by atoms with E-state index in [9.17, 15) is 0 Å². The summed E-state index contributed by atoms with van der Waals surface area (Å²) >= 11 is 1.96. The lowest BCUT2D eigenvalue weighted by molar-refractivity contribution is 0.488. The van der Waals surface area contributed by atoms with E-state index < -0.39 is 0 Å². The Labute approximate surface area is 126 Å². The van der Waals surface area contributed by atoms with Crippen LogP contribution in [-0.4, -0.2) is 6.54 Å². The molecule has 20 heavy (non-hydrogen) atoms. The van der Waals surface area contributed by atoms with Gasteiger partial charge in [-0.15, -0.1) is 11.3 Å². The van der Waals surface area contributed by atoms with E-state index in [4.69, 9.17) is 0 Å². The van der Waals surface area contributed by atoms with E-state index in [1.54, 1.807) is 0 Å². The SMILES string of the molecule is CCCNC(c1ccc(-c2cccc(C)c2)s1)C1CC1. The highest BCUT2D eigenvalue weighted by molar-refractivity contribution is 7.15. The molecule has 1 aliphatic carbocycles. The summed E-state index contributed by atoms with van der Waals surface area (Å²) in [6.07, 6.45) is 3.98. The van der Waals surface area contributed by atoms with Crippen molar-refractivity contribution in [2.24, 2.45) is 5.92 Å². The van der Waals surface area contributed by atoms with Crippen molar-refractivity contribution in [1.29, 1.82) is 0 Å². The van der Waals surface area contributed by atoms with Gasteiger partial charge in [-0.25, -0.2) is 0 Å². The summed E-state index contributed by atoms with van der Waals surface area (Å²) in [5, 5.41) is 3.73. The van der Waals surface area contributed by atoms with Crippen molar-refractivity contribution in [2.75, 3.05) is 6.54 Å². The third-order valence-electron chi connectivity index (χ3n) is 3.94. The van der Waals surface area contributed by atoms with Gasteiger partial charge in [0.1, 0.15) is 0 Å². The monoisotopic (exact) mass is 285 g/mol. The van der Waals surface area contributed by atoms with Gasteiger partial charge in [-0.05, 0) is 56.3 Å². The van der Waals surface area contributed by atoms with Crippen LogP contribution < -0.4 is 5.32 Å². The summed E-state index contributed by atoms with van der Waals surface area (Å²) in [5.41, 5.74) is 2.69. The predicted molar refractivity (Wildman–Crippen MR) is 88.3 cm³/mol. The Kier molecular flexibility index (Phi) is 4.23. The number of hydrogen-bond donors (Lipinski definition) is 1. The minimum atomic E-state index is 0.582. The van der Waals surface area contributed by atoms with Crippen LogP contribution in [-0.2, 0) is 0 Å². The molecule has 1 aliphatic rings. The first-order valence-electron chi connectivity index (χ1n) is 7.68. The van der Waals surface area contributed by atoms with E-state index in [1.807, 2.05) is 11.3 Å². The van der Waals surface area contributed by atoms with Crippen molar-refractivity contribution in [1.82, 2.24) is 5.32 Å². The van der Waals surface area contributed by atoms with Gasteiger partial charge in [-0.2, -0.15) is 0 Å². The van der Waals surface area contributed by atoms with Gasteiger partial charge < -0.3 is 5.32 Å². The third-order valence-corrected chi connectivity index (χ3v) is 5.16. The maximum Gasteiger partial charge on any atom is 0.0443 e. The molecule has 1 aromatic heterocycles. The first-order chi connectivity index (χ1) is 9.78. The smallest absolute Gasteiger partial charge is 0.0443 e. The van der Waals surface area contributed by atoms with Gasteiger partial charge in [0.25, 0.3) is 0 Å². The molecule has 0 bridgehead atoms. The molecule has 1 atom stereocenters. The van der Waals surface area contributed by atoms with Gasteiger partial charge in [0, 0.05) is 15.8 Å². The summed E-state index contributed by atoms with van der Waals surface area (Å²) < 4.78 is 0. The number of hydrogen-bond acceptors (Lipinski definition) is 2. The Hall–Kier alpha value is -1.12. The van der Waals surface area contributed by atoms with Crippen molar-refractivity contribution < 1.29 is 0 Å². The number of nitrogens with one attached hydrogen (secondary N) is 1. The van der Waals surface area contributed by atoms with Gasteiger partial charge in [0.05, 0.1) is 0 Å². The molecule has 0 amide bonds. The average molecular weight is 285 g/mol. The number of thiophene rings is 1. The highest BCUT2D eigenvalue weighted by Crippen LogP contribution is 2.44. The molecule has 1 heterocycles. The molecule has 1 N–H and O–H groups in total. The van der Waals surface area contributed by atoms with Crippen LogP contribution in [0.15, 0.2) is 36.4 Å². The Morgan fingerprint density at radius 3 is 2.80 bits per heavy atom. The average Bonchev–Trinajstić information content (AvgIpc) is 3.16. The normalized spacial score (nSPS) is 16.3. The highest BCUT2D eigenvalue weighted by atomic mass is 32.1. The van der Waals surface area contributed by atoms with Crippen LogP contribution in [0.5, 0.6) is 0 Å². The summed E-state index contributed by atoms with van der Waals surface area (Å²) in [5.74, 6) is 0.866. The van der Waals surface area contributed by atoms with E-state index in [0.29, 0.717) is 6.04 Å². The van der Waals surface area contributed by atoms with Gasteiger partial charge in [-0.3, -0.25) is 0 Å². The molecule has 2 heteroatoms. The zero-order chi connectivity index (χ0) is 13.9. The quantitative estimate of drug-likeness (QED) is 0.771. The van der Waals surface area contributed by atoms with E-state index in [0.717, 1.165) is 12.5 Å². The molecule has 0 saturated heterocycles. The fourth-order valence-electron chi connectivity index (χ4n) is 2.70. The molecule has 3 rings (SSSR count). The predicted octanol–water partition coefficient (Wildman–Crippen LogP) is 5.17. The van der Waals surface area contributed by atoms with E-state index in [2.05, 4.69) is 55.6 Å². The highest BCUT2D eigenvalue weighted by Gasteiger charge is 2.32. The molecular weight excluding hydrogens is 262 g/mol. The maximum atomic E-state index is 3.73. The van der Waals surface area contributed by atoms with Crippen LogP contribution >= 0.6 is 11.3 Å². The van der Waals surface area contributed by atoms with Gasteiger partial charge in [-0.1, -0.05) is 36.8 Å². The standard InChI is InChI=1S/C18H23NS/c1-3-11-19-18(14-7-8-14)17-10-9-16(20-17)15-6-4-5-13(2)12-15/h4-6,9-10,12,14,18-19H,3,7-8,11H2,1-2H3. The summed E-state index contributed by atoms with van der Waals surface area (Å²) in [4.78, 5) is 2.91. The largest absolute Gasteiger partial charge is 0.309 e. The van der Waals surface area contributed by atoms with E-state index in [-0.39, 0.29) is 0 Å². The summed E-state index contributed by atoms with van der Waals surface area (Å²) in [6.45, 7) is 5.52. The summed E-state index contributed by atoms with van der Waals surface area (Å²) in [7, 11) is 0. The van der Waals surface area contributed by atoms with E-state index in [1.165, 1.54) is 40.1 Å². The maximum absolute atomic E-state index is 3.73. The molecule has 0 aliphatic heterocycles. The lowest BCUT2D eigenvalue weighted by Crippen LogP contribution is -2.22. The van der Waals surface area contributed by atoms with Crippen molar-refractivity contribution in [3.63, 3.8) is 0 Å². The van der Waals surface area contributed by atoms with Crippen LogP contribution in [0.25, 0.3) is 10.4 Å². The minimum Gasteiger partial charge on any atom is -0.309 e. The minimum absolute atomic E-state index is 0.582. The second-order valence-electron chi connectivity index (χ2n) is 5.84. The molecule has 2 aromatic rings. The van der Waals surface area contributed by atoms with E-state index >= 15 is 0 Å². The van der Waals surface area contributed by atoms with Crippen LogP contribution in [0, 0.1) is 12.8 Å². The van der Waals surface area contributed by atoms with Gasteiger partial charge >= 0.3 is 0 Å². The fourth-order valence-corrected chi connectivity index (χ4v) is 3.88. The molecule has 1 aromatic carbocycles. The molecule has 0 radical (unpaired) electrons. The van der Waals surface area contributed by atoms with Gasteiger partial charge in [0.15, 0.2) is 0 Å². The van der Waals surface area contributed by atoms with Crippen molar-refractivity contribution >= 4 is 11.3 Å². The second-order valence-corrected chi connectivity index (χ2v) is 6.96. The molecule has 1 saturated carbocycles. The van der Waals surface area contributed by atoms with Crippen LogP contribution in [0.4, 0.5) is 0 Å². The topological polar surface area (TPSA) is 12.0 Å². The molecule has 106 valence electrons. The third kappa shape index (κ3) is 3.13. The molecule has 1 fully saturated rings. The second kappa shape index (κ2) is 6.11. The van der Waals surface area contributed by atoms with Crippen LogP contribution in [0.1, 0.15) is 42.7 Å². The van der Waals surface area contributed by atoms with Gasteiger partial charge in [0.2, 0.25) is 0 Å².